The Morgan fingerprint density at radius 2 is 2.11 bits per heavy atom. The number of hydrogen-bond acceptors (Lipinski definition) is 2. The van der Waals surface area contributed by atoms with Crippen LogP contribution in [0.15, 0.2) is 42.6 Å². The molecular weight excluding hydrogens is 232 g/mol. The molecule has 2 heteroatoms. The van der Waals surface area contributed by atoms with Gasteiger partial charge in [0.05, 0.1) is 11.7 Å². The standard InChI is InChI=1S/C17H20N2/c1-2-6-13-7-3-4-9-15(13)19-16-11-10-14-8-5-12-18-17(14)16/h3-5,7-9,12,16,19H,2,6,10-11H2,1H3. The van der Waals surface area contributed by atoms with E-state index in [1.165, 1.54) is 28.9 Å². The molecule has 1 N–H and O–H groups in total. The van der Waals surface area contributed by atoms with Crippen molar-refractivity contribution in [3.63, 3.8) is 0 Å². The largest absolute Gasteiger partial charge is 0.376 e. The summed E-state index contributed by atoms with van der Waals surface area (Å²) in [6, 6.07) is 13.2. The van der Waals surface area contributed by atoms with Gasteiger partial charge in [-0.25, -0.2) is 0 Å². The Hall–Kier alpha value is -1.83. The number of anilines is 1. The minimum atomic E-state index is 0.370. The van der Waals surface area contributed by atoms with Crippen molar-refractivity contribution in [2.75, 3.05) is 5.32 Å². The second kappa shape index (κ2) is 5.43. The molecule has 1 aromatic carbocycles. The zero-order chi connectivity index (χ0) is 13.1. The Balaban J connectivity index is 1.83. The van der Waals surface area contributed by atoms with E-state index in [1.54, 1.807) is 0 Å². The van der Waals surface area contributed by atoms with Crippen molar-refractivity contribution < 1.29 is 0 Å². The van der Waals surface area contributed by atoms with Gasteiger partial charge < -0.3 is 5.32 Å². The van der Waals surface area contributed by atoms with Crippen molar-refractivity contribution >= 4 is 5.69 Å². The first-order valence-electron chi connectivity index (χ1n) is 7.16. The van der Waals surface area contributed by atoms with E-state index in [1.807, 2.05) is 12.3 Å². The van der Waals surface area contributed by atoms with Crippen LogP contribution in [0.1, 0.15) is 42.6 Å². The highest BCUT2D eigenvalue weighted by Crippen LogP contribution is 2.33. The molecule has 0 bridgehead atoms. The van der Waals surface area contributed by atoms with E-state index in [9.17, 15) is 0 Å². The summed E-state index contributed by atoms with van der Waals surface area (Å²) in [7, 11) is 0. The lowest BCUT2D eigenvalue weighted by molar-refractivity contribution is 0.743. The highest BCUT2D eigenvalue weighted by Gasteiger charge is 2.23. The number of fused-ring (bicyclic) bond motifs is 1. The van der Waals surface area contributed by atoms with Crippen LogP contribution in [0.3, 0.4) is 0 Å². The van der Waals surface area contributed by atoms with Crippen molar-refractivity contribution in [3.8, 4) is 0 Å². The molecule has 0 saturated heterocycles. The van der Waals surface area contributed by atoms with E-state index in [4.69, 9.17) is 0 Å². The number of para-hydroxylation sites is 1. The summed E-state index contributed by atoms with van der Waals surface area (Å²) in [6.45, 7) is 2.23. The molecule has 0 saturated carbocycles. The number of nitrogens with zero attached hydrogens (tertiary/aromatic N) is 1. The molecule has 0 aliphatic heterocycles. The molecule has 0 radical (unpaired) electrons. The first kappa shape index (κ1) is 12.2. The minimum Gasteiger partial charge on any atom is -0.376 e. The van der Waals surface area contributed by atoms with Gasteiger partial charge in [-0.2, -0.15) is 0 Å². The van der Waals surface area contributed by atoms with Crippen LogP contribution >= 0.6 is 0 Å². The summed E-state index contributed by atoms with van der Waals surface area (Å²) in [5.41, 5.74) is 5.31. The maximum Gasteiger partial charge on any atom is 0.0691 e. The van der Waals surface area contributed by atoms with Crippen molar-refractivity contribution in [2.45, 2.75) is 38.6 Å². The summed E-state index contributed by atoms with van der Waals surface area (Å²) >= 11 is 0. The first-order chi connectivity index (χ1) is 9.38. The maximum absolute atomic E-state index is 4.55. The summed E-state index contributed by atoms with van der Waals surface area (Å²) in [5.74, 6) is 0. The Kier molecular flexibility index (Phi) is 3.49. The van der Waals surface area contributed by atoms with Gasteiger partial charge >= 0.3 is 0 Å². The lowest BCUT2D eigenvalue weighted by Crippen LogP contribution is -2.10. The number of benzene rings is 1. The lowest BCUT2D eigenvalue weighted by Gasteiger charge is -2.17. The summed E-state index contributed by atoms with van der Waals surface area (Å²) in [6.07, 6.45) is 6.49. The Bertz CT molecular complexity index is 563. The van der Waals surface area contributed by atoms with Gasteiger partial charge in [-0.3, -0.25) is 4.98 Å². The molecular formula is C17H20N2. The third-order valence-electron chi connectivity index (χ3n) is 3.82. The molecule has 0 amide bonds. The highest BCUT2D eigenvalue weighted by molar-refractivity contribution is 5.53. The average molecular weight is 252 g/mol. The monoisotopic (exact) mass is 252 g/mol. The van der Waals surface area contributed by atoms with Crippen LogP contribution in [0.2, 0.25) is 0 Å². The Labute approximate surface area is 114 Å². The molecule has 98 valence electrons. The van der Waals surface area contributed by atoms with E-state index in [0.29, 0.717) is 6.04 Å². The SMILES string of the molecule is CCCc1ccccc1NC1CCc2cccnc21. The zero-order valence-electron chi connectivity index (χ0n) is 11.4. The molecule has 1 atom stereocenters. The molecule has 1 unspecified atom stereocenters. The van der Waals surface area contributed by atoms with E-state index in [-0.39, 0.29) is 0 Å². The fraction of sp³-hybridized carbons (Fsp3) is 0.353. The minimum absolute atomic E-state index is 0.370. The normalized spacial score (nSPS) is 17.2. The fourth-order valence-corrected chi connectivity index (χ4v) is 2.89. The number of aromatic nitrogens is 1. The molecule has 2 aromatic rings. The third kappa shape index (κ3) is 2.48. The van der Waals surface area contributed by atoms with Gasteiger partial charge in [-0.15, -0.1) is 0 Å². The second-order valence-electron chi connectivity index (χ2n) is 5.19. The number of rotatable bonds is 4. The van der Waals surface area contributed by atoms with E-state index >= 15 is 0 Å². The number of pyridine rings is 1. The molecule has 0 fully saturated rings. The van der Waals surface area contributed by atoms with Gasteiger partial charge in [0.2, 0.25) is 0 Å². The van der Waals surface area contributed by atoms with Crippen LogP contribution in [0, 0.1) is 0 Å². The van der Waals surface area contributed by atoms with Crippen molar-refractivity contribution in [1.29, 1.82) is 0 Å². The quantitative estimate of drug-likeness (QED) is 0.884. The van der Waals surface area contributed by atoms with E-state index in [2.05, 4.69) is 47.6 Å². The fourth-order valence-electron chi connectivity index (χ4n) is 2.89. The molecule has 19 heavy (non-hydrogen) atoms. The summed E-state index contributed by atoms with van der Waals surface area (Å²) in [5, 5.41) is 3.69. The summed E-state index contributed by atoms with van der Waals surface area (Å²) in [4.78, 5) is 4.55. The van der Waals surface area contributed by atoms with E-state index in [0.717, 1.165) is 19.3 Å². The lowest BCUT2D eigenvalue weighted by atomic mass is 10.1. The van der Waals surface area contributed by atoms with Crippen LogP contribution in [0.4, 0.5) is 5.69 Å². The number of hydrogen-bond donors (Lipinski definition) is 1. The zero-order valence-corrected chi connectivity index (χ0v) is 11.4. The Morgan fingerprint density at radius 1 is 1.21 bits per heavy atom. The van der Waals surface area contributed by atoms with Crippen LogP contribution < -0.4 is 5.32 Å². The van der Waals surface area contributed by atoms with Gasteiger partial charge in [0.1, 0.15) is 0 Å². The smallest absolute Gasteiger partial charge is 0.0691 e. The highest BCUT2D eigenvalue weighted by atomic mass is 15.0. The van der Waals surface area contributed by atoms with Crippen molar-refractivity contribution in [2.24, 2.45) is 0 Å². The van der Waals surface area contributed by atoms with Crippen molar-refractivity contribution in [3.05, 3.63) is 59.4 Å². The Morgan fingerprint density at radius 3 is 3.00 bits per heavy atom. The van der Waals surface area contributed by atoms with Crippen LogP contribution in [-0.2, 0) is 12.8 Å². The topological polar surface area (TPSA) is 24.9 Å². The predicted molar refractivity (Wildman–Crippen MR) is 79.4 cm³/mol. The summed E-state index contributed by atoms with van der Waals surface area (Å²) < 4.78 is 0. The van der Waals surface area contributed by atoms with Gasteiger partial charge in [0.25, 0.3) is 0 Å². The maximum atomic E-state index is 4.55. The second-order valence-corrected chi connectivity index (χ2v) is 5.19. The van der Waals surface area contributed by atoms with E-state index < -0.39 is 0 Å². The third-order valence-corrected chi connectivity index (χ3v) is 3.82. The predicted octanol–water partition coefficient (Wildman–Crippen LogP) is 4.13. The molecule has 3 rings (SSSR count). The molecule has 2 nitrogen and oxygen atoms in total. The molecule has 0 spiro atoms. The van der Waals surface area contributed by atoms with Gasteiger partial charge in [0.15, 0.2) is 0 Å². The molecule has 1 heterocycles. The molecule has 1 aliphatic carbocycles. The van der Waals surface area contributed by atoms with Gasteiger partial charge in [-0.05, 0) is 42.5 Å². The number of nitrogens with one attached hydrogen (secondary N) is 1. The average Bonchev–Trinajstić information content (AvgIpc) is 2.85. The van der Waals surface area contributed by atoms with Crippen LogP contribution in [0.5, 0.6) is 0 Å². The van der Waals surface area contributed by atoms with Gasteiger partial charge in [-0.1, -0.05) is 37.6 Å². The first-order valence-corrected chi connectivity index (χ1v) is 7.16. The van der Waals surface area contributed by atoms with Crippen LogP contribution in [-0.4, -0.2) is 4.98 Å². The molecule has 1 aromatic heterocycles. The number of aryl methyl sites for hydroxylation is 2. The van der Waals surface area contributed by atoms with Crippen LogP contribution in [0.25, 0.3) is 0 Å². The van der Waals surface area contributed by atoms with Gasteiger partial charge in [0, 0.05) is 11.9 Å². The molecule has 1 aliphatic rings. The van der Waals surface area contributed by atoms with Crippen molar-refractivity contribution in [1.82, 2.24) is 4.98 Å².